The van der Waals surface area contributed by atoms with Crippen molar-refractivity contribution in [2.75, 3.05) is 11.9 Å². The Morgan fingerprint density at radius 3 is 2.38 bits per heavy atom. The van der Waals surface area contributed by atoms with E-state index in [9.17, 15) is 36.6 Å². The van der Waals surface area contributed by atoms with Gasteiger partial charge in [-0.25, -0.2) is 21.6 Å². The molecule has 0 radical (unpaired) electrons. The van der Waals surface area contributed by atoms with Gasteiger partial charge in [-0.15, -0.1) is 0 Å². The molecule has 2 aromatic rings. The minimum atomic E-state index is -3.98. The van der Waals surface area contributed by atoms with Gasteiger partial charge in [0.2, 0.25) is 0 Å². The number of carbonyl (C=O) groups excluding carboxylic acids is 1. The lowest BCUT2D eigenvalue weighted by molar-refractivity contribution is -0.0943. The number of alkyl halides is 2. The Balaban J connectivity index is 1.59. The third-order valence-corrected chi connectivity index (χ3v) is 9.71. The van der Waals surface area contributed by atoms with Crippen LogP contribution in [0.5, 0.6) is 0 Å². The van der Waals surface area contributed by atoms with Crippen molar-refractivity contribution in [2.24, 2.45) is 11.8 Å². The molecule has 1 amide bonds. The first-order valence-electron chi connectivity index (χ1n) is 10.7. The van der Waals surface area contributed by atoms with Gasteiger partial charge in [0.05, 0.1) is 32.9 Å². The highest BCUT2D eigenvalue weighted by molar-refractivity contribution is 7.92. The van der Waals surface area contributed by atoms with Crippen LogP contribution >= 0.6 is 11.6 Å². The smallest absolute Gasteiger partial charge is 0.266 e. The molecule has 3 unspecified atom stereocenters. The van der Waals surface area contributed by atoms with E-state index in [2.05, 4.69) is 5.32 Å². The molecule has 0 saturated heterocycles. The molecule has 0 aromatic heterocycles. The quantitative estimate of drug-likeness (QED) is 0.528. The normalized spacial score (nSPS) is 26.6. The van der Waals surface area contributed by atoms with Gasteiger partial charge in [-0.3, -0.25) is 4.79 Å². The second-order valence-corrected chi connectivity index (χ2v) is 11.5. The lowest BCUT2D eigenvalue weighted by atomic mass is 9.75. The number of fused-ring (bicyclic) bond motifs is 2. The Morgan fingerprint density at radius 2 is 1.79 bits per heavy atom. The monoisotopic (exact) mass is 517 g/mol. The maximum Gasteiger partial charge on any atom is 0.266 e. The molecular formula is C23H23ClF3NO5S. The Kier molecular flexibility index (Phi) is 6.71. The predicted molar refractivity (Wildman–Crippen MR) is 119 cm³/mol. The molecule has 0 heterocycles. The van der Waals surface area contributed by atoms with E-state index in [4.69, 9.17) is 11.6 Å². The van der Waals surface area contributed by atoms with Gasteiger partial charge < -0.3 is 15.5 Å². The van der Waals surface area contributed by atoms with E-state index in [-0.39, 0.29) is 45.8 Å². The molecule has 2 fully saturated rings. The summed E-state index contributed by atoms with van der Waals surface area (Å²) in [6, 6.07) is 6.42. The van der Waals surface area contributed by atoms with Crippen LogP contribution in [0, 0.1) is 17.7 Å². The van der Waals surface area contributed by atoms with E-state index in [1.54, 1.807) is 0 Å². The van der Waals surface area contributed by atoms with Gasteiger partial charge in [0.1, 0.15) is 5.82 Å². The van der Waals surface area contributed by atoms with Crippen molar-refractivity contribution >= 4 is 33.0 Å². The van der Waals surface area contributed by atoms with Crippen LogP contribution in [0.1, 0.15) is 48.0 Å². The van der Waals surface area contributed by atoms with E-state index in [1.165, 1.54) is 12.1 Å². The Labute approximate surface area is 199 Å². The summed E-state index contributed by atoms with van der Waals surface area (Å²) in [7, 11) is -3.98. The van der Waals surface area contributed by atoms with Crippen molar-refractivity contribution in [3.8, 4) is 0 Å². The van der Waals surface area contributed by atoms with Crippen molar-refractivity contribution in [2.45, 2.75) is 47.9 Å². The summed E-state index contributed by atoms with van der Waals surface area (Å²) in [4.78, 5) is 12.5. The molecule has 184 valence electrons. The first kappa shape index (κ1) is 25.0. The van der Waals surface area contributed by atoms with Crippen molar-refractivity contribution in [3.05, 3.63) is 58.4 Å². The van der Waals surface area contributed by atoms with E-state index < -0.39 is 51.0 Å². The molecule has 11 heteroatoms. The van der Waals surface area contributed by atoms with Gasteiger partial charge in [-0.2, -0.15) is 0 Å². The summed E-state index contributed by atoms with van der Waals surface area (Å²) in [5, 5.41) is 21.8. The molecule has 4 rings (SSSR count). The zero-order valence-corrected chi connectivity index (χ0v) is 19.4. The fourth-order valence-corrected chi connectivity index (χ4v) is 7.56. The maximum absolute atomic E-state index is 13.5. The largest absolute Gasteiger partial charge is 0.393 e. The molecule has 2 saturated carbocycles. The average molecular weight is 518 g/mol. The summed E-state index contributed by atoms with van der Waals surface area (Å²) in [5.41, 5.74) is -2.30. The number of sulfone groups is 1. The standard InChI is InChI=1S/C23H23ClF3NO5S/c24-18-5-1-12(22(30)28-15-4-6-19(25)17(10-15)21(26)27)7-20(18)34(32,33)16-8-13-2-3-14(9-16)23(13,31)11-29/h1,4-7,10,13-14,16,21,29,31H,2-3,8-9,11H2,(H,28,30)/t13-,14?,16?,23?/m1/s1. The molecule has 4 atom stereocenters. The Morgan fingerprint density at radius 1 is 1.15 bits per heavy atom. The number of nitrogens with one attached hydrogen (secondary N) is 1. The van der Waals surface area contributed by atoms with Gasteiger partial charge in [0, 0.05) is 11.3 Å². The number of benzene rings is 2. The number of halogens is 4. The lowest BCUT2D eigenvalue weighted by Gasteiger charge is -2.41. The first-order valence-corrected chi connectivity index (χ1v) is 12.7. The highest BCUT2D eigenvalue weighted by atomic mass is 35.5. The minimum absolute atomic E-state index is 0.0726. The molecule has 3 N–H and O–H groups in total. The Bertz CT molecular complexity index is 1210. The molecule has 0 aliphatic heterocycles. The average Bonchev–Trinajstić information content (AvgIpc) is 2.96. The van der Waals surface area contributed by atoms with Crippen LogP contribution in [0.25, 0.3) is 0 Å². The summed E-state index contributed by atoms with van der Waals surface area (Å²) in [6.45, 7) is -0.428. The fraction of sp³-hybridized carbons (Fsp3) is 0.435. The summed E-state index contributed by atoms with van der Waals surface area (Å²) in [5.74, 6) is -2.60. The number of carbonyl (C=O) groups is 1. The number of hydrogen-bond acceptors (Lipinski definition) is 5. The number of rotatable bonds is 6. The zero-order valence-electron chi connectivity index (χ0n) is 17.8. The number of aliphatic hydroxyl groups is 2. The lowest BCUT2D eigenvalue weighted by Crippen LogP contribution is -2.50. The van der Waals surface area contributed by atoms with Crippen LogP contribution in [-0.2, 0) is 9.84 Å². The molecule has 6 nitrogen and oxygen atoms in total. The number of aliphatic hydroxyl groups excluding tert-OH is 1. The molecule has 0 spiro atoms. The molecular weight excluding hydrogens is 495 g/mol. The summed E-state index contributed by atoms with van der Waals surface area (Å²) in [6.07, 6.45) is -1.52. The van der Waals surface area contributed by atoms with Crippen LogP contribution in [0.4, 0.5) is 18.9 Å². The topological polar surface area (TPSA) is 104 Å². The van der Waals surface area contributed by atoms with Gasteiger partial charge in [0.25, 0.3) is 12.3 Å². The van der Waals surface area contributed by atoms with E-state index in [0.29, 0.717) is 12.8 Å². The zero-order chi connectivity index (χ0) is 24.8. The molecule has 2 aromatic carbocycles. The minimum Gasteiger partial charge on any atom is -0.393 e. The van der Waals surface area contributed by atoms with Gasteiger partial charge in [-0.1, -0.05) is 11.6 Å². The van der Waals surface area contributed by atoms with Crippen molar-refractivity contribution in [3.63, 3.8) is 0 Å². The summed E-state index contributed by atoms with van der Waals surface area (Å²) < 4.78 is 66.3. The summed E-state index contributed by atoms with van der Waals surface area (Å²) >= 11 is 6.18. The molecule has 2 aliphatic carbocycles. The second kappa shape index (κ2) is 9.14. The van der Waals surface area contributed by atoms with Gasteiger partial charge in [0.15, 0.2) is 9.84 Å². The predicted octanol–water partition coefficient (Wildman–Crippen LogP) is 4.35. The first-order chi connectivity index (χ1) is 16.0. The molecule has 34 heavy (non-hydrogen) atoms. The number of amides is 1. The van der Waals surface area contributed by atoms with E-state index >= 15 is 0 Å². The van der Waals surface area contributed by atoms with Crippen LogP contribution in [-0.4, -0.2) is 42.0 Å². The highest BCUT2D eigenvalue weighted by Crippen LogP contribution is 2.51. The van der Waals surface area contributed by atoms with Crippen LogP contribution in [0.3, 0.4) is 0 Å². The number of anilines is 1. The highest BCUT2D eigenvalue weighted by Gasteiger charge is 2.55. The van der Waals surface area contributed by atoms with Crippen LogP contribution in [0.15, 0.2) is 41.3 Å². The molecule has 2 bridgehead atoms. The third kappa shape index (κ3) is 4.32. The van der Waals surface area contributed by atoms with E-state index in [0.717, 1.165) is 24.3 Å². The van der Waals surface area contributed by atoms with Gasteiger partial charge >= 0.3 is 0 Å². The van der Waals surface area contributed by atoms with Crippen LogP contribution in [0.2, 0.25) is 5.02 Å². The fourth-order valence-electron chi connectivity index (χ4n) is 5.16. The maximum atomic E-state index is 13.5. The van der Waals surface area contributed by atoms with Crippen LogP contribution < -0.4 is 5.32 Å². The Hall–Kier alpha value is -2.14. The van der Waals surface area contributed by atoms with Gasteiger partial charge in [-0.05, 0) is 73.9 Å². The SMILES string of the molecule is O=C(Nc1ccc(F)c(C(F)F)c1)c1ccc(Cl)c(S(=O)(=O)C2CC3CC[C@H](C2)C3(O)CO)c1. The number of hydrogen-bond donors (Lipinski definition) is 3. The molecule has 2 aliphatic rings. The van der Waals surface area contributed by atoms with Crippen molar-refractivity contribution in [1.29, 1.82) is 0 Å². The third-order valence-electron chi connectivity index (χ3n) is 7.05. The van der Waals surface area contributed by atoms with Crippen molar-refractivity contribution in [1.82, 2.24) is 0 Å². The second-order valence-electron chi connectivity index (χ2n) is 8.90. The van der Waals surface area contributed by atoms with Crippen molar-refractivity contribution < 1.29 is 36.6 Å². The van der Waals surface area contributed by atoms with E-state index in [1.807, 2.05) is 0 Å².